The van der Waals surface area contributed by atoms with Crippen molar-refractivity contribution in [2.24, 2.45) is 17.6 Å². The molecule has 1 aliphatic rings. The van der Waals surface area contributed by atoms with Gasteiger partial charge in [-0.3, -0.25) is 4.90 Å². The van der Waals surface area contributed by atoms with Crippen LogP contribution in [0.2, 0.25) is 0 Å². The summed E-state index contributed by atoms with van der Waals surface area (Å²) in [6, 6.07) is 0.582. The molecule has 3 unspecified atom stereocenters. The minimum atomic E-state index is 0.582. The van der Waals surface area contributed by atoms with Crippen LogP contribution < -0.4 is 5.73 Å². The molecule has 0 aromatic carbocycles. The average Bonchev–Trinajstić information content (AvgIpc) is 2.17. The lowest BCUT2D eigenvalue weighted by Gasteiger charge is -2.42. The Labute approximate surface area is 94.0 Å². The van der Waals surface area contributed by atoms with Crippen molar-refractivity contribution in [2.45, 2.75) is 32.7 Å². The molecular weight excluding hydrogens is 188 g/mol. The minimum Gasteiger partial charge on any atom is -0.385 e. The Bertz CT molecular complexity index is 175. The molecule has 0 aliphatic carbocycles. The van der Waals surface area contributed by atoms with Gasteiger partial charge in [0.15, 0.2) is 0 Å². The van der Waals surface area contributed by atoms with Gasteiger partial charge in [-0.2, -0.15) is 0 Å². The number of ether oxygens (including phenoxy) is 1. The van der Waals surface area contributed by atoms with Gasteiger partial charge in [0.25, 0.3) is 0 Å². The van der Waals surface area contributed by atoms with Crippen molar-refractivity contribution < 1.29 is 4.74 Å². The van der Waals surface area contributed by atoms with Gasteiger partial charge in [-0.05, 0) is 24.7 Å². The lowest BCUT2D eigenvalue weighted by molar-refractivity contribution is 0.0640. The van der Waals surface area contributed by atoms with Crippen LogP contribution in [0.1, 0.15) is 26.7 Å². The van der Waals surface area contributed by atoms with Crippen LogP contribution in [0.5, 0.6) is 0 Å². The van der Waals surface area contributed by atoms with Crippen molar-refractivity contribution in [3.63, 3.8) is 0 Å². The summed E-state index contributed by atoms with van der Waals surface area (Å²) in [6.45, 7) is 8.65. The maximum Gasteiger partial charge on any atom is 0.0474 e. The number of rotatable bonds is 5. The maximum atomic E-state index is 5.86. The van der Waals surface area contributed by atoms with E-state index >= 15 is 0 Å². The number of methoxy groups -OCH3 is 1. The summed E-state index contributed by atoms with van der Waals surface area (Å²) in [5.41, 5.74) is 5.86. The first kappa shape index (κ1) is 12.9. The first-order valence-electron chi connectivity index (χ1n) is 6.12. The predicted molar refractivity (Wildman–Crippen MR) is 63.9 cm³/mol. The predicted octanol–water partition coefficient (Wildman–Crippen LogP) is 1.33. The fourth-order valence-electron chi connectivity index (χ4n) is 2.81. The second-order valence-corrected chi connectivity index (χ2v) is 4.96. The van der Waals surface area contributed by atoms with Gasteiger partial charge >= 0.3 is 0 Å². The Hall–Kier alpha value is -0.120. The molecule has 1 fully saturated rings. The summed E-state index contributed by atoms with van der Waals surface area (Å²) in [4.78, 5) is 2.55. The van der Waals surface area contributed by atoms with Crippen LogP contribution in [0.15, 0.2) is 0 Å². The van der Waals surface area contributed by atoms with E-state index in [1.165, 1.54) is 13.0 Å². The van der Waals surface area contributed by atoms with Crippen LogP contribution in [-0.4, -0.2) is 44.3 Å². The molecule has 90 valence electrons. The van der Waals surface area contributed by atoms with E-state index in [9.17, 15) is 0 Å². The third-order valence-corrected chi connectivity index (χ3v) is 3.48. The molecule has 3 heteroatoms. The zero-order valence-corrected chi connectivity index (χ0v) is 10.4. The van der Waals surface area contributed by atoms with Crippen LogP contribution >= 0.6 is 0 Å². The van der Waals surface area contributed by atoms with Gasteiger partial charge in [0, 0.05) is 39.4 Å². The van der Waals surface area contributed by atoms with E-state index in [4.69, 9.17) is 10.5 Å². The molecule has 0 bridgehead atoms. The third kappa shape index (κ3) is 3.74. The van der Waals surface area contributed by atoms with Gasteiger partial charge in [0.05, 0.1) is 0 Å². The molecule has 15 heavy (non-hydrogen) atoms. The zero-order valence-electron chi connectivity index (χ0n) is 10.4. The molecular formula is C12H26N2O. The fraction of sp³-hybridized carbons (Fsp3) is 1.00. The number of nitrogens with two attached hydrogens (primary N) is 1. The van der Waals surface area contributed by atoms with Crippen molar-refractivity contribution in [1.29, 1.82) is 0 Å². The van der Waals surface area contributed by atoms with Crippen LogP contribution in [0.4, 0.5) is 0 Å². The molecule has 3 nitrogen and oxygen atoms in total. The van der Waals surface area contributed by atoms with Gasteiger partial charge in [0.2, 0.25) is 0 Å². The van der Waals surface area contributed by atoms with Crippen LogP contribution in [-0.2, 0) is 4.74 Å². The lowest BCUT2D eigenvalue weighted by atomic mass is 9.85. The highest BCUT2D eigenvalue weighted by Gasteiger charge is 2.30. The van der Waals surface area contributed by atoms with Crippen molar-refractivity contribution in [3.8, 4) is 0 Å². The van der Waals surface area contributed by atoms with Gasteiger partial charge in [-0.25, -0.2) is 0 Å². The molecule has 0 aromatic heterocycles. The first-order chi connectivity index (χ1) is 7.19. The SMILES string of the molecule is COCCCN1CC(C)CC(C)C1CN. The van der Waals surface area contributed by atoms with E-state index in [1.807, 2.05) is 0 Å². The molecule has 0 radical (unpaired) electrons. The second kappa shape index (κ2) is 6.46. The van der Waals surface area contributed by atoms with Crippen LogP contribution in [0.25, 0.3) is 0 Å². The summed E-state index contributed by atoms with van der Waals surface area (Å²) < 4.78 is 5.10. The zero-order chi connectivity index (χ0) is 11.3. The Morgan fingerprint density at radius 2 is 2.13 bits per heavy atom. The van der Waals surface area contributed by atoms with Gasteiger partial charge in [0.1, 0.15) is 0 Å². The number of hydrogen-bond donors (Lipinski definition) is 1. The Kier molecular flexibility index (Phi) is 5.58. The summed E-state index contributed by atoms with van der Waals surface area (Å²) in [7, 11) is 1.77. The Balaban J connectivity index is 2.42. The Morgan fingerprint density at radius 1 is 1.40 bits per heavy atom. The number of hydrogen-bond acceptors (Lipinski definition) is 3. The second-order valence-electron chi connectivity index (χ2n) is 4.96. The quantitative estimate of drug-likeness (QED) is 0.702. The van der Waals surface area contributed by atoms with Gasteiger partial charge < -0.3 is 10.5 Å². The monoisotopic (exact) mass is 214 g/mol. The molecule has 1 saturated heterocycles. The van der Waals surface area contributed by atoms with Gasteiger partial charge in [-0.1, -0.05) is 13.8 Å². The molecule has 0 aromatic rings. The number of likely N-dealkylation sites (tertiary alicyclic amines) is 1. The molecule has 1 heterocycles. The van der Waals surface area contributed by atoms with Crippen LogP contribution in [0, 0.1) is 11.8 Å². The average molecular weight is 214 g/mol. The number of nitrogens with zero attached hydrogens (tertiary/aromatic N) is 1. The van der Waals surface area contributed by atoms with Crippen molar-refractivity contribution in [2.75, 3.05) is 33.4 Å². The van der Waals surface area contributed by atoms with E-state index in [0.29, 0.717) is 6.04 Å². The van der Waals surface area contributed by atoms with Crippen molar-refractivity contribution in [1.82, 2.24) is 4.90 Å². The first-order valence-corrected chi connectivity index (χ1v) is 6.12. The molecule has 0 amide bonds. The van der Waals surface area contributed by atoms with E-state index in [2.05, 4.69) is 18.7 Å². The third-order valence-electron chi connectivity index (χ3n) is 3.48. The molecule has 0 spiro atoms. The summed E-state index contributed by atoms with van der Waals surface area (Å²) in [5, 5.41) is 0. The van der Waals surface area contributed by atoms with Gasteiger partial charge in [-0.15, -0.1) is 0 Å². The summed E-state index contributed by atoms with van der Waals surface area (Å²) in [6.07, 6.45) is 2.44. The van der Waals surface area contributed by atoms with E-state index in [0.717, 1.165) is 38.0 Å². The van der Waals surface area contributed by atoms with E-state index < -0.39 is 0 Å². The highest BCUT2D eigenvalue weighted by Crippen LogP contribution is 2.26. The van der Waals surface area contributed by atoms with Crippen LogP contribution in [0.3, 0.4) is 0 Å². The minimum absolute atomic E-state index is 0.582. The van der Waals surface area contributed by atoms with Crippen molar-refractivity contribution >= 4 is 0 Å². The molecule has 3 atom stereocenters. The molecule has 0 saturated carbocycles. The van der Waals surface area contributed by atoms with E-state index in [1.54, 1.807) is 7.11 Å². The van der Waals surface area contributed by atoms with Crippen molar-refractivity contribution in [3.05, 3.63) is 0 Å². The molecule has 2 N–H and O–H groups in total. The topological polar surface area (TPSA) is 38.5 Å². The summed E-state index contributed by atoms with van der Waals surface area (Å²) >= 11 is 0. The largest absolute Gasteiger partial charge is 0.385 e. The Morgan fingerprint density at radius 3 is 2.73 bits per heavy atom. The normalized spacial score (nSPS) is 33.2. The molecule has 1 rings (SSSR count). The maximum absolute atomic E-state index is 5.86. The lowest BCUT2D eigenvalue weighted by Crippen LogP contribution is -2.51. The molecule has 1 aliphatic heterocycles. The highest BCUT2D eigenvalue weighted by molar-refractivity contribution is 4.85. The summed E-state index contributed by atoms with van der Waals surface area (Å²) in [5.74, 6) is 1.55. The van der Waals surface area contributed by atoms with E-state index in [-0.39, 0.29) is 0 Å². The number of piperidine rings is 1. The fourth-order valence-corrected chi connectivity index (χ4v) is 2.81. The smallest absolute Gasteiger partial charge is 0.0474 e. The highest BCUT2D eigenvalue weighted by atomic mass is 16.5. The standard InChI is InChI=1S/C12H26N2O/c1-10-7-11(2)12(8-13)14(9-10)5-4-6-15-3/h10-12H,4-9,13H2,1-3H3.